The predicted octanol–water partition coefficient (Wildman–Crippen LogP) is 1.87. The molecule has 0 atom stereocenters. The van der Waals surface area contributed by atoms with E-state index in [2.05, 4.69) is 10.3 Å². The van der Waals surface area contributed by atoms with Crippen LogP contribution in [0.15, 0.2) is 4.99 Å². The van der Waals surface area contributed by atoms with Crippen LogP contribution in [0.3, 0.4) is 0 Å². The summed E-state index contributed by atoms with van der Waals surface area (Å²) in [7, 11) is -3.31. The molecule has 1 N–H and O–H groups in total. The van der Waals surface area contributed by atoms with Crippen LogP contribution in [0.2, 0.25) is 0 Å². The van der Waals surface area contributed by atoms with Crippen molar-refractivity contribution in [3.8, 4) is 0 Å². The molecule has 1 aliphatic carbocycles. The monoisotopic (exact) mass is 428 g/mol. The molecule has 1 saturated heterocycles. The molecule has 0 bridgehead atoms. The lowest BCUT2D eigenvalue weighted by molar-refractivity contribution is -0.0496. The normalized spacial score (nSPS) is 20.4. The topological polar surface area (TPSA) is 74.2 Å². The number of guanidine groups is 1. The fourth-order valence-corrected chi connectivity index (χ4v) is 3.99. The van der Waals surface area contributed by atoms with E-state index in [9.17, 15) is 21.6 Å². The molecule has 7 nitrogen and oxygen atoms in total. The van der Waals surface area contributed by atoms with Crippen LogP contribution in [0, 0.1) is 11.8 Å². The fraction of sp³-hybridized carbons (Fsp3) is 0.941. The lowest BCUT2D eigenvalue weighted by atomic mass is 9.98. The van der Waals surface area contributed by atoms with Gasteiger partial charge in [-0.1, -0.05) is 0 Å². The van der Waals surface area contributed by atoms with Crippen molar-refractivity contribution in [3.63, 3.8) is 0 Å². The second-order valence-corrected chi connectivity index (χ2v) is 9.36. The van der Waals surface area contributed by atoms with Gasteiger partial charge in [0.1, 0.15) is 0 Å². The molecular weight excluding hydrogens is 397 g/mol. The highest BCUT2D eigenvalue weighted by atomic mass is 32.2. The van der Waals surface area contributed by atoms with Crippen molar-refractivity contribution in [1.29, 1.82) is 0 Å². The van der Waals surface area contributed by atoms with Gasteiger partial charge < -0.3 is 15.0 Å². The van der Waals surface area contributed by atoms with E-state index >= 15 is 0 Å². The fourth-order valence-electron chi connectivity index (χ4n) is 3.01. The minimum absolute atomic E-state index is 0.0628. The molecule has 2 fully saturated rings. The van der Waals surface area contributed by atoms with E-state index in [1.807, 2.05) is 18.9 Å². The summed E-state index contributed by atoms with van der Waals surface area (Å²) in [5, 5.41) is 3.20. The molecule has 0 aromatic rings. The average Bonchev–Trinajstić information content (AvgIpc) is 3.46. The molecule has 0 aromatic carbocycles. The first-order chi connectivity index (χ1) is 13.1. The van der Waals surface area contributed by atoms with Crippen molar-refractivity contribution >= 4 is 16.0 Å². The number of alkyl halides is 3. The number of nitrogens with one attached hydrogen (secondary N) is 1. The Morgan fingerprint density at radius 3 is 2.39 bits per heavy atom. The van der Waals surface area contributed by atoms with Gasteiger partial charge in [0, 0.05) is 46.4 Å². The third-order valence-corrected chi connectivity index (χ3v) is 6.65. The Labute approximate surface area is 165 Å². The second kappa shape index (κ2) is 10.1. The van der Waals surface area contributed by atoms with Crippen molar-refractivity contribution in [1.82, 2.24) is 14.5 Å². The summed E-state index contributed by atoms with van der Waals surface area (Å²) in [6.07, 6.45) is 3.24. The number of aliphatic imine (C=N–C) groups is 1. The van der Waals surface area contributed by atoms with Gasteiger partial charge >= 0.3 is 15.5 Å². The van der Waals surface area contributed by atoms with Crippen molar-refractivity contribution in [2.24, 2.45) is 16.8 Å². The summed E-state index contributed by atoms with van der Waals surface area (Å²) in [4.78, 5) is 6.56. The quantitative estimate of drug-likeness (QED) is 0.345. The second-order valence-electron chi connectivity index (χ2n) is 7.43. The Kier molecular flexibility index (Phi) is 8.38. The molecular formula is C17H31F3N4O3S. The van der Waals surface area contributed by atoms with Crippen LogP contribution in [0.5, 0.6) is 0 Å². The predicted molar refractivity (Wildman–Crippen MR) is 101 cm³/mol. The highest BCUT2D eigenvalue weighted by Crippen LogP contribution is 2.30. The average molecular weight is 429 g/mol. The number of rotatable bonds is 9. The summed E-state index contributed by atoms with van der Waals surface area (Å²) in [6.45, 7) is 5.00. The van der Waals surface area contributed by atoms with E-state index in [1.165, 1.54) is 12.8 Å². The molecule has 11 heteroatoms. The summed E-state index contributed by atoms with van der Waals surface area (Å²) in [5.41, 5.74) is -5.24. The van der Waals surface area contributed by atoms with Gasteiger partial charge in [0.25, 0.3) is 0 Å². The number of hydrogen-bond acceptors (Lipinski definition) is 4. The summed E-state index contributed by atoms with van der Waals surface area (Å²) in [5.74, 6) is 1.51. The maximum atomic E-state index is 12.6. The van der Waals surface area contributed by atoms with Gasteiger partial charge in [-0.3, -0.25) is 4.99 Å². The maximum absolute atomic E-state index is 12.6. The number of hydrogen-bond donors (Lipinski definition) is 1. The van der Waals surface area contributed by atoms with Crippen molar-refractivity contribution < 1.29 is 26.3 Å². The lowest BCUT2D eigenvalue weighted by Crippen LogP contribution is -2.45. The van der Waals surface area contributed by atoms with E-state index in [1.54, 1.807) is 0 Å². The van der Waals surface area contributed by atoms with Crippen LogP contribution < -0.4 is 5.32 Å². The molecule has 1 heterocycles. The third-order valence-electron chi connectivity index (χ3n) is 5.02. The highest BCUT2D eigenvalue weighted by Gasteiger charge is 2.50. The maximum Gasteiger partial charge on any atom is 0.511 e. The van der Waals surface area contributed by atoms with E-state index in [0.717, 1.165) is 18.5 Å². The Morgan fingerprint density at radius 2 is 1.86 bits per heavy atom. The summed E-state index contributed by atoms with van der Waals surface area (Å²) < 4.78 is 67.0. The molecule has 164 valence electrons. The first kappa shape index (κ1) is 23.2. The Hall–Kier alpha value is -1.07. The van der Waals surface area contributed by atoms with E-state index in [-0.39, 0.29) is 19.0 Å². The summed E-state index contributed by atoms with van der Waals surface area (Å²) in [6, 6.07) is 0. The van der Waals surface area contributed by atoms with Gasteiger partial charge in [0.15, 0.2) is 5.96 Å². The highest BCUT2D eigenvalue weighted by molar-refractivity contribution is 7.90. The van der Waals surface area contributed by atoms with Gasteiger partial charge in [0.05, 0.1) is 6.61 Å². The summed E-state index contributed by atoms with van der Waals surface area (Å²) >= 11 is 0. The van der Waals surface area contributed by atoms with Crippen LogP contribution in [0.4, 0.5) is 13.2 Å². The standard InChI is InChI=1S/C17H31F3N4O3S/c1-3-21-16(23(2)10-11-27-13-15-4-5-15)22-12-14-6-8-24(9-7-14)28(25,26)17(18,19)20/h14-15H,3-13H2,1-2H3,(H,21,22). The molecule has 0 aromatic heterocycles. The number of likely N-dealkylation sites (N-methyl/N-ethyl adjacent to an activating group) is 1. The van der Waals surface area contributed by atoms with Crippen LogP contribution in [0.1, 0.15) is 32.6 Å². The molecule has 0 unspecified atom stereocenters. The number of ether oxygens (including phenoxy) is 1. The van der Waals surface area contributed by atoms with Crippen LogP contribution in [-0.4, -0.2) is 82.1 Å². The van der Waals surface area contributed by atoms with Gasteiger partial charge in [-0.05, 0) is 44.4 Å². The first-order valence-electron chi connectivity index (χ1n) is 9.78. The van der Waals surface area contributed by atoms with Gasteiger partial charge in [-0.2, -0.15) is 17.5 Å². The van der Waals surface area contributed by atoms with E-state index in [4.69, 9.17) is 4.74 Å². The van der Waals surface area contributed by atoms with Gasteiger partial charge in [-0.25, -0.2) is 8.42 Å². The molecule has 0 radical (unpaired) electrons. The van der Waals surface area contributed by atoms with Gasteiger partial charge in [-0.15, -0.1) is 0 Å². The number of piperidine rings is 1. The Bertz CT molecular complexity index is 616. The zero-order valence-electron chi connectivity index (χ0n) is 16.5. The lowest BCUT2D eigenvalue weighted by Gasteiger charge is -2.31. The van der Waals surface area contributed by atoms with Crippen LogP contribution in [0.25, 0.3) is 0 Å². The number of halogens is 3. The third kappa shape index (κ3) is 6.77. The molecule has 0 amide bonds. The largest absolute Gasteiger partial charge is 0.511 e. The minimum atomic E-state index is -5.24. The Morgan fingerprint density at radius 1 is 1.21 bits per heavy atom. The van der Waals surface area contributed by atoms with Crippen LogP contribution in [-0.2, 0) is 14.8 Å². The van der Waals surface area contributed by atoms with Crippen LogP contribution >= 0.6 is 0 Å². The van der Waals surface area contributed by atoms with Crippen molar-refractivity contribution in [2.45, 2.75) is 38.1 Å². The SMILES string of the molecule is CCNC(=NCC1CCN(S(=O)(=O)C(F)(F)F)CC1)N(C)CCOCC1CC1. The zero-order valence-corrected chi connectivity index (χ0v) is 17.4. The first-order valence-corrected chi connectivity index (χ1v) is 11.2. The van der Waals surface area contributed by atoms with Crippen molar-refractivity contribution in [2.75, 3.05) is 53.0 Å². The van der Waals surface area contributed by atoms with E-state index < -0.39 is 15.5 Å². The molecule has 1 saturated carbocycles. The molecule has 1 aliphatic heterocycles. The smallest absolute Gasteiger partial charge is 0.379 e. The molecule has 2 rings (SSSR count). The van der Waals surface area contributed by atoms with E-state index in [0.29, 0.717) is 43.4 Å². The van der Waals surface area contributed by atoms with Gasteiger partial charge in [0.2, 0.25) is 0 Å². The molecule has 28 heavy (non-hydrogen) atoms. The number of nitrogens with zero attached hydrogens (tertiary/aromatic N) is 3. The molecule has 0 spiro atoms. The zero-order chi connectivity index (χ0) is 20.8. The minimum Gasteiger partial charge on any atom is -0.379 e. The Balaban J connectivity index is 1.79. The van der Waals surface area contributed by atoms with Crippen molar-refractivity contribution in [3.05, 3.63) is 0 Å². The molecule has 2 aliphatic rings. The number of sulfonamides is 1.